The monoisotopic (exact) mass is 471 g/mol. The summed E-state index contributed by atoms with van der Waals surface area (Å²) in [7, 11) is 0. The number of ketones is 1. The Balaban J connectivity index is 1.40. The summed E-state index contributed by atoms with van der Waals surface area (Å²) in [6, 6.07) is 4.15. The van der Waals surface area contributed by atoms with E-state index < -0.39 is 0 Å². The molecule has 2 fully saturated rings. The third-order valence-corrected chi connectivity index (χ3v) is 7.36. The first-order valence-electron chi connectivity index (χ1n) is 12.1. The van der Waals surface area contributed by atoms with Crippen molar-refractivity contribution in [2.24, 2.45) is 4.99 Å². The lowest BCUT2D eigenvalue weighted by molar-refractivity contribution is -0.114. The van der Waals surface area contributed by atoms with Gasteiger partial charge in [-0.25, -0.2) is 0 Å². The molecule has 4 rings (SSSR count). The lowest BCUT2D eigenvalue weighted by Gasteiger charge is -2.34. The topological polar surface area (TPSA) is 71.0 Å². The number of hydrogen-bond donors (Lipinski definition) is 1. The van der Waals surface area contributed by atoms with Gasteiger partial charge < -0.3 is 15.0 Å². The van der Waals surface area contributed by atoms with Gasteiger partial charge in [-0.3, -0.25) is 14.6 Å². The molecule has 1 N–H and O–H groups in total. The van der Waals surface area contributed by atoms with Gasteiger partial charge in [-0.05, 0) is 84.5 Å². The van der Waals surface area contributed by atoms with Crippen LogP contribution in [-0.4, -0.2) is 54.1 Å². The molecule has 1 amide bonds. The van der Waals surface area contributed by atoms with Crippen LogP contribution in [0.5, 0.6) is 5.75 Å². The lowest BCUT2D eigenvalue weighted by atomic mass is 9.92. The van der Waals surface area contributed by atoms with Gasteiger partial charge in [0.1, 0.15) is 5.75 Å². The number of allylic oxidation sites excluding steroid dienone is 1. The van der Waals surface area contributed by atoms with Crippen LogP contribution in [0.4, 0.5) is 0 Å². The summed E-state index contributed by atoms with van der Waals surface area (Å²) >= 11 is 6.36. The van der Waals surface area contributed by atoms with E-state index in [0.29, 0.717) is 40.1 Å². The second-order valence-corrected chi connectivity index (χ2v) is 10.00. The van der Waals surface area contributed by atoms with E-state index in [0.717, 1.165) is 37.0 Å². The Kier molecular flexibility index (Phi) is 7.55. The maximum absolute atomic E-state index is 13.0. The summed E-state index contributed by atoms with van der Waals surface area (Å²) in [5.74, 6) is 0.412. The number of aliphatic imine (C=N–C) groups is 1. The number of nitrogens with one attached hydrogen (secondary N) is 1. The Morgan fingerprint density at radius 1 is 1.15 bits per heavy atom. The average molecular weight is 472 g/mol. The van der Waals surface area contributed by atoms with Crippen molar-refractivity contribution in [2.75, 3.05) is 19.6 Å². The molecule has 0 aromatic heterocycles. The fourth-order valence-electron chi connectivity index (χ4n) is 5.25. The molecular weight excluding hydrogens is 438 g/mol. The van der Waals surface area contributed by atoms with Gasteiger partial charge in [0.15, 0.2) is 5.78 Å². The summed E-state index contributed by atoms with van der Waals surface area (Å²) in [5.41, 5.74) is 3.27. The Hall–Kier alpha value is -2.18. The molecule has 1 aromatic carbocycles. The van der Waals surface area contributed by atoms with Gasteiger partial charge in [0, 0.05) is 52.1 Å². The molecule has 1 saturated carbocycles. The summed E-state index contributed by atoms with van der Waals surface area (Å²) < 4.78 is 6.34. The molecule has 2 heterocycles. The van der Waals surface area contributed by atoms with Crippen molar-refractivity contribution in [3.8, 4) is 5.75 Å². The van der Waals surface area contributed by atoms with Gasteiger partial charge >= 0.3 is 0 Å². The Morgan fingerprint density at radius 2 is 1.85 bits per heavy atom. The van der Waals surface area contributed by atoms with Gasteiger partial charge in [-0.2, -0.15) is 0 Å². The van der Waals surface area contributed by atoms with E-state index in [1.807, 2.05) is 13.8 Å². The summed E-state index contributed by atoms with van der Waals surface area (Å²) in [5, 5.41) is 3.34. The van der Waals surface area contributed by atoms with Crippen molar-refractivity contribution in [1.82, 2.24) is 10.2 Å². The zero-order valence-corrected chi connectivity index (χ0v) is 20.6. The zero-order valence-electron chi connectivity index (χ0n) is 19.9. The average Bonchev–Trinajstić information content (AvgIpc) is 3.30. The first-order chi connectivity index (χ1) is 15.8. The van der Waals surface area contributed by atoms with Gasteiger partial charge in [-0.15, -0.1) is 0 Å². The number of halogens is 1. The maximum Gasteiger partial charge on any atom is 0.252 e. The quantitative estimate of drug-likeness (QED) is 0.642. The highest BCUT2D eigenvalue weighted by atomic mass is 35.5. The SMILES string of the molecule is CC1=NC(C)=C(CNC(=O)c2cc(Cl)cc(O[C@H]3CC[C@H](N4CCCC4)CC3)c2C)C(=O)C1. The van der Waals surface area contributed by atoms with Gasteiger partial charge in [0.25, 0.3) is 5.91 Å². The molecule has 33 heavy (non-hydrogen) atoms. The van der Waals surface area contributed by atoms with Gasteiger partial charge in [0.05, 0.1) is 6.10 Å². The van der Waals surface area contributed by atoms with E-state index in [1.165, 1.54) is 25.9 Å². The molecule has 0 unspecified atom stereocenters. The molecule has 3 aliphatic rings. The van der Waals surface area contributed by atoms with Crippen molar-refractivity contribution in [3.05, 3.63) is 39.6 Å². The molecule has 0 bridgehead atoms. The zero-order chi connectivity index (χ0) is 23.5. The van der Waals surface area contributed by atoms with Crippen LogP contribution in [0.15, 0.2) is 28.4 Å². The van der Waals surface area contributed by atoms with Crippen molar-refractivity contribution in [1.29, 1.82) is 0 Å². The highest BCUT2D eigenvalue weighted by Gasteiger charge is 2.29. The number of carbonyl (C=O) groups excluding carboxylic acids is 2. The molecule has 0 atom stereocenters. The van der Waals surface area contributed by atoms with Crippen LogP contribution >= 0.6 is 11.6 Å². The van der Waals surface area contributed by atoms with Crippen molar-refractivity contribution in [3.63, 3.8) is 0 Å². The first-order valence-corrected chi connectivity index (χ1v) is 12.5. The molecule has 1 saturated heterocycles. The molecule has 178 valence electrons. The number of Topliss-reactive ketones (excluding diaryl/α,β-unsaturated/α-hetero) is 1. The summed E-state index contributed by atoms with van der Waals surface area (Å²) in [4.78, 5) is 32.3. The van der Waals surface area contributed by atoms with Crippen molar-refractivity contribution >= 4 is 29.0 Å². The number of benzene rings is 1. The van der Waals surface area contributed by atoms with E-state index in [4.69, 9.17) is 16.3 Å². The third kappa shape index (κ3) is 5.67. The van der Waals surface area contributed by atoms with Crippen LogP contribution in [0.2, 0.25) is 5.02 Å². The molecule has 0 radical (unpaired) electrons. The number of carbonyl (C=O) groups is 2. The largest absolute Gasteiger partial charge is 0.490 e. The van der Waals surface area contributed by atoms with Crippen molar-refractivity contribution < 1.29 is 14.3 Å². The molecular formula is C26H34ClN3O3. The van der Waals surface area contributed by atoms with E-state index in [1.54, 1.807) is 19.1 Å². The molecule has 0 spiro atoms. The van der Waals surface area contributed by atoms with E-state index >= 15 is 0 Å². The predicted octanol–water partition coefficient (Wildman–Crippen LogP) is 4.87. The molecule has 7 heteroatoms. The fourth-order valence-corrected chi connectivity index (χ4v) is 5.46. The Bertz CT molecular complexity index is 987. The third-order valence-electron chi connectivity index (χ3n) is 7.14. The number of hydrogen-bond acceptors (Lipinski definition) is 5. The normalized spacial score (nSPS) is 24.1. The smallest absolute Gasteiger partial charge is 0.252 e. The highest BCUT2D eigenvalue weighted by molar-refractivity contribution is 6.31. The molecule has 2 aliphatic heterocycles. The maximum atomic E-state index is 13.0. The van der Waals surface area contributed by atoms with Crippen LogP contribution in [0.1, 0.15) is 74.7 Å². The van der Waals surface area contributed by atoms with Crippen LogP contribution < -0.4 is 10.1 Å². The number of ether oxygens (including phenoxy) is 1. The minimum absolute atomic E-state index is 0.0108. The number of amides is 1. The van der Waals surface area contributed by atoms with E-state index in [9.17, 15) is 9.59 Å². The minimum Gasteiger partial charge on any atom is -0.490 e. The predicted molar refractivity (Wildman–Crippen MR) is 131 cm³/mol. The number of likely N-dealkylation sites (tertiary alicyclic amines) is 1. The Labute approximate surface area is 201 Å². The van der Waals surface area contributed by atoms with Crippen LogP contribution in [0, 0.1) is 6.92 Å². The van der Waals surface area contributed by atoms with E-state index in [-0.39, 0.29) is 24.3 Å². The standard InChI is InChI=1S/C26H34ClN3O3/c1-16-12-24(31)23(18(3)29-16)15-28-26(32)22-13-19(27)14-25(17(22)2)33-21-8-6-20(7-9-21)30-10-4-5-11-30/h13-14,20-21H,4-12,15H2,1-3H3,(H,28,32)/t20-,21-. The molecule has 6 nitrogen and oxygen atoms in total. The summed E-state index contributed by atoms with van der Waals surface area (Å²) in [6.07, 6.45) is 7.43. The highest BCUT2D eigenvalue weighted by Crippen LogP contribution is 2.32. The minimum atomic E-state index is -0.267. The van der Waals surface area contributed by atoms with E-state index in [2.05, 4.69) is 15.2 Å². The first kappa shape index (κ1) is 24.0. The number of nitrogens with zero attached hydrogens (tertiary/aromatic N) is 2. The number of rotatable bonds is 6. The van der Waals surface area contributed by atoms with Crippen LogP contribution in [0.3, 0.4) is 0 Å². The summed E-state index contributed by atoms with van der Waals surface area (Å²) in [6.45, 7) is 8.15. The van der Waals surface area contributed by atoms with Crippen LogP contribution in [0.25, 0.3) is 0 Å². The van der Waals surface area contributed by atoms with Crippen LogP contribution in [-0.2, 0) is 4.79 Å². The van der Waals surface area contributed by atoms with Crippen molar-refractivity contribution in [2.45, 2.75) is 77.9 Å². The van der Waals surface area contributed by atoms with Gasteiger partial charge in [-0.1, -0.05) is 11.6 Å². The second-order valence-electron chi connectivity index (χ2n) is 9.56. The second kappa shape index (κ2) is 10.4. The lowest BCUT2D eigenvalue weighted by Crippen LogP contribution is -2.38. The molecule has 1 aromatic rings. The Morgan fingerprint density at radius 3 is 2.52 bits per heavy atom. The molecule has 1 aliphatic carbocycles. The van der Waals surface area contributed by atoms with Gasteiger partial charge in [0.2, 0.25) is 0 Å². The fraction of sp³-hybridized carbons (Fsp3) is 0.577.